The SMILES string of the molecule is Cc1nc(N2CC3C(C2)C3(F)F)ccc1Cc1ccc(C(=O)O)o1. The first kappa shape index (κ1) is 15.1. The lowest BCUT2D eigenvalue weighted by atomic mass is 10.1. The number of carbonyl (C=O) groups is 1. The van der Waals surface area contributed by atoms with Gasteiger partial charge in [0.1, 0.15) is 11.6 Å². The van der Waals surface area contributed by atoms with E-state index in [-0.39, 0.29) is 5.76 Å². The summed E-state index contributed by atoms with van der Waals surface area (Å²) in [5.74, 6) is -3.49. The van der Waals surface area contributed by atoms with E-state index in [0.717, 1.165) is 11.3 Å². The van der Waals surface area contributed by atoms with Crippen molar-refractivity contribution in [3.8, 4) is 0 Å². The summed E-state index contributed by atoms with van der Waals surface area (Å²) in [5, 5.41) is 8.87. The van der Waals surface area contributed by atoms with Gasteiger partial charge in [0, 0.05) is 25.2 Å². The van der Waals surface area contributed by atoms with Crippen molar-refractivity contribution in [1.82, 2.24) is 4.98 Å². The number of fused-ring (bicyclic) bond motifs is 1. The summed E-state index contributed by atoms with van der Waals surface area (Å²) in [7, 11) is 0. The van der Waals surface area contributed by atoms with Crippen LogP contribution in [0.1, 0.15) is 27.6 Å². The summed E-state index contributed by atoms with van der Waals surface area (Å²) in [6, 6.07) is 6.77. The molecule has 3 heterocycles. The number of furan rings is 1. The van der Waals surface area contributed by atoms with Crippen LogP contribution in [-0.2, 0) is 6.42 Å². The van der Waals surface area contributed by atoms with Crippen molar-refractivity contribution in [3.63, 3.8) is 0 Å². The molecule has 126 valence electrons. The Morgan fingerprint density at radius 2 is 2.04 bits per heavy atom. The van der Waals surface area contributed by atoms with Crippen LogP contribution in [0.15, 0.2) is 28.7 Å². The predicted octanol–water partition coefficient (Wildman–Crippen LogP) is 2.97. The molecule has 0 spiro atoms. The number of rotatable bonds is 4. The number of alkyl halides is 2. The number of aromatic carboxylic acids is 1. The largest absolute Gasteiger partial charge is 0.475 e. The average molecular weight is 334 g/mol. The van der Waals surface area contributed by atoms with Crippen molar-refractivity contribution in [1.29, 1.82) is 0 Å². The molecular formula is C17H16F2N2O3. The van der Waals surface area contributed by atoms with Gasteiger partial charge in [-0.25, -0.2) is 18.6 Å². The molecule has 0 aromatic carbocycles. The normalized spacial score (nSPS) is 24.0. The molecule has 5 nitrogen and oxygen atoms in total. The highest BCUT2D eigenvalue weighted by Gasteiger charge is 2.71. The first-order valence-electron chi connectivity index (χ1n) is 7.77. The molecule has 2 fully saturated rings. The summed E-state index contributed by atoms with van der Waals surface area (Å²) < 4.78 is 31.8. The maximum absolute atomic E-state index is 13.3. The molecule has 1 aliphatic heterocycles. The number of aryl methyl sites for hydroxylation is 1. The van der Waals surface area contributed by atoms with Crippen molar-refractivity contribution in [2.45, 2.75) is 19.3 Å². The number of hydrogen-bond donors (Lipinski definition) is 1. The molecule has 2 atom stereocenters. The van der Waals surface area contributed by atoms with Gasteiger partial charge in [-0.05, 0) is 30.7 Å². The quantitative estimate of drug-likeness (QED) is 0.931. The third-order valence-electron chi connectivity index (χ3n) is 4.94. The molecule has 24 heavy (non-hydrogen) atoms. The number of hydrogen-bond acceptors (Lipinski definition) is 4. The number of halogens is 2. The zero-order chi connectivity index (χ0) is 17.1. The fraction of sp³-hybridized carbons (Fsp3) is 0.412. The molecule has 4 rings (SSSR count). The molecule has 1 N–H and O–H groups in total. The van der Waals surface area contributed by atoms with Gasteiger partial charge in [-0.1, -0.05) is 6.07 Å². The Labute approximate surface area is 136 Å². The molecular weight excluding hydrogens is 318 g/mol. The highest BCUT2D eigenvalue weighted by molar-refractivity contribution is 5.84. The second-order valence-electron chi connectivity index (χ2n) is 6.45. The molecule has 2 aromatic rings. The number of anilines is 1. The van der Waals surface area contributed by atoms with Crippen LogP contribution in [0, 0.1) is 18.8 Å². The highest BCUT2D eigenvalue weighted by Crippen LogP contribution is 2.59. The van der Waals surface area contributed by atoms with Crippen molar-refractivity contribution in [3.05, 3.63) is 47.0 Å². The molecule has 2 aromatic heterocycles. The number of piperidine rings is 1. The van der Waals surface area contributed by atoms with Crippen molar-refractivity contribution < 1.29 is 23.1 Å². The van der Waals surface area contributed by atoms with E-state index in [9.17, 15) is 13.6 Å². The molecule has 1 aliphatic carbocycles. The minimum atomic E-state index is -2.49. The van der Waals surface area contributed by atoms with Crippen molar-refractivity contribution >= 4 is 11.8 Å². The van der Waals surface area contributed by atoms with Crippen molar-refractivity contribution in [2.75, 3.05) is 18.0 Å². The Bertz CT molecular complexity index is 804. The lowest BCUT2D eigenvalue weighted by Gasteiger charge is -2.21. The van der Waals surface area contributed by atoms with E-state index < -0.39 is 23.7 Å². The maximum atomic E-state index is 13.3. The third kappa shape index (κ3) is 2.35. The monoisotopic (exact) mass is 334 g/mol. The second kappa shape index (κ2) is 5.03. The third-order valence-corrected chi connectivity index (χ3v) is 4.94. The Kier molecular flexibility index (Phi) is 3.16. The van der Waals surface area contributed by atoms with E-state index in [4.69, 9.17) is 9.52 Å². The fourth-order valence-electron chi connectivity index (χ4n) is 3.41. The van der Waals surface area contributed by atoms with Crippen LogP contribution >= 0.6 is 0 Å². The number of carboxylic acids is 1. The van der Waals surface area contributed by atoms with Crippen LogP contribution in [0.4, 0.5) is 14.6 Å². The van der Waals surface area contributed by atoms with Crippen LogP contribution in [0.5, 0.6) is 0 Å². The Morgan fingerprint density at radius 3 is 2.62 bits per heavy atom. The summed E-state index contributed by atoms with van der Waals surface area (Å²) in [6.07, 6.45) is 0.440. The van der Waals surface area contributed by atoms with Gasteiger partial charge in [-0.15, -0.1) is 0 Å². The molecule has 0 bridgehead atoms. The Hall–Kier alpha value is -2.44. The van der Waals surface area contributed by atoms with Gasteiger partial charge in [0.25, 0.3) is 5.92 Å². The molecule has 2 aliphatic rings. The van der Waals surface area contributed by atoms with Gasteiger partial charge >= 0.3 is 5.97 Å². The van der Waals surface area contributed by atoms with E-state index in [0.29, 0.717) is 31.1 Å². The smallest absolute Gasteiger partial charge is 0.371 e. The van der Waals surface area contributed by atoms with E-state index in [1.54, 1.807) is 6.07 Å². The fourth-order valence-corrected chi connectivity index (χ4v) is 3.41. The van der Waals surface area contributed by atoms with E-state index in [2.05, 4.69) is 4.98 Å². The molecule has 7 heteroatoms. The van der Waals surface area contributed by atoms with Gasteiger partial charge in [0.05, 0.1) is 11.8 Å². The Morgan fingerprint density at radius 1 is 1.33 bits per heavy atom. The van der Waals surface area contributed by atoms with E-state index in [1.165, 1.54) is 6.07 Å². The lowest BCUT2D eigenvalue weighted by Crippen LogP contribution is -2.28. The summed E-state index contributed by atoms with van der Waals surface area (Å²) in [6.45, 7) is 2.55. The number of aromatic nitrogens is 1. The van der Waals surface area contributed by atoms with Crippen molar-refractivity contribution in [2.24, 2.45) is 11.8 Å². The van der Waals surface area contributed by atoms with Gasteiger partial charge < -0.3 is 14.4 Å². The van der Waals surface area contributed by atoms with Crippen LogP contribution in [0.2, 0.25) is 0 Å². The van der Waals surface area contributed by atoms with Crippen LogP contribution < -0.4 is 4.90 Å². The summed E-state index contributed by atoms with van der Waals surface area (Å²) in [5.41, 5.74) is 1.70. The van der Waals surface area contributed by atoms with E-state index >= 15 is 0 Å². The van der Waals surface area contributed by atoms with Gasteiger partial charge in [-0.2, -0.15) is 0 Å². The standard InChI is InChI=1S/C17H16F2N2O3/c1-9-10(6-11-3-4-14(24-11)16(22)23)2-5-15(20-9)21-7-12-13(8-21)17(12,18)19/h2-5,12-13H,6-8H2,1H3,(H,22,23). The second-order valence-corrected chi connectivity index (χ2v) is 6.45. The van der Waals surface area contributed by atoms with Crippen LogP contribution in [0.3, 0.4) is 0 Å². The summed E-state index contributed by atoms with van der Waals surface area (Å²) in [4.78, 5) is 17.3. The predicted molar refractivity (Wildman–Crippen MR) is 81.6 cm³/mol. The van der Waals surface area contributed by atoms with Gasteiger partial charge in [0.2, 0.25) is 5.76 Å². The minimum absolute atomic E-state index is 0.0931. The average Bonchev–Trinajstić information content (AvgIpc) is 3.00. The zero-order valence-electron chi connectivity index (χ0n) is 13.0. The Balaban J connectivity index is 1.47. The molecule has 0 radical (unpaired) electrons. The lowest BCUT2D eigenvalue weighted by molar-refractivity contribution is 0.0660. The molecule has 1 saturated heterocycles. The van der Waals surface area contributed by atoms with Gasteiger partial charge in [0.15, 0.2) is 0 Å². The molecule has 2 unspecified atom stereocenters. The molecule has 0 amide bonds. The minimum Gasteiger partial charge on any atom is -0.475 e. The first-order chi connectivity index (χ1) is 11.4. The number of pyridine rings is 1. The van der Waals surface area contributed by atoms with E-state index in [1.807, 2.05) is 24.0 Å². The summed E-state index contributed by atoms with van der Waals surface area (Å²) >= 11 is 0. The number of carboxylic acid groups (broad SMARTS) is 1. The topological polar surface area (TPSA) is 66.6 Å². The maximum Gasteiger partial charge on any atom is 0.371 e. The van der Waals surface area contributed by atoms with Crippen LogP contribution in [-0.4, -0.2) is 35.1 Å². The number of nitrogens with zero attached hydrogens (tertiary/aromatic N) is 2. The van der Waals surface area contributed by atoms with Crippen LogP contribution in [0.25, 0.3) is 0 Å². The first-order valence-corrected chi connectivity index (χ1v) is 7.77. The highest BCUT2D eigenvalue weighted by atomic mass is 19.3. The zero-order valence-corrected chi connectivity index (χ0v) is 13.0. The molecule has 1 saturated carbocycles. The van der Waals surface area contributed by atoms with Gasteiger partial charge in [-0.3, -0.25) is 0 Å².